The zero-order valence-electron chi connectivity index (χ0n) is 15.3. The van der Waals surface area contributed by atoms with Gasteiger partial charge in [0.2, 0.25) is 0 Å². The number of benzene rings is 1. The predicted octanol–water partition coefficient (Wildman–Crippen LogP) is 2.06. The van der Waals surface area contributed by atoms with Gasteiger partial charge < -0.3 is 25.2 Å². The highest BCUT2D eigenvalue weighted by atomic mass is 16.5. The van der Waals surface area contributed by atoms with E-state index in [0.29, 0.717) is 6.04 Å². The third-order valence-electron chi connectivity index (χ3n) is 5.43. The van der Waals surface area contributed by atoms with E-state index in [1.807, 2.05) is 18.2 Å². The molecule has 2 aliphatic heterocycles. The Kier molecular flexibility index (Phi) is 6.02. The summed E-state index contributed by atoms with van der Waals surface area (Å²) in [7, 11) is 3.84. The molecular weight excluding hydrogens is 316 g/mol. The molecule has 0 aromatic heterocycles. The Morgan fingerprint density at radius 2 is 1.96 bits per heavy atom. The smallest absolute Gasteiger partial charge is 0.315 e. The molecule has 3 rings (SSSR count). The number of likely N-dealkylation sites (N-methyl/N-ethyl adjacent to an activating group) is 1. The van der Waals surface area contributed by atoms with Crippen molar-refractivity contribution in [1.82, 2.24) is 15.5 Å². The average Bonchev–Trinajstić information content (AvgIpc) is 3.05. The van der Waals surface area contributed by atoms with E-state index in [4.69, 9.17) is 4.74 Å². The number of urea groups is 1. The molecule has 2 amide bonds. The van der Waals surface area contributed by atoms with E-state index < -0.39 is 0 Å². The number of para-hydroxylation sites is 2. The Labute approximate surface area is 150 Å². The molecule has 1 aromatic carbocycles. The minimum atomic E-state index is -0.0314. The van der Waals surface area contributed by atoms with Crippen molar-refractivity contribution < 1.29 is 9.53 Å². The molecule has 6 heteroatoms. The molecule has 0 radical (unpaired) electrons. The lowest BCUT2D eigenvalue weighted by atomic mass is 10.0. The molecule has 2 N–H and O–H groups in total. The van der Waals surface area contributed by atoms with Crippen LogP contribution in [0.4, 0.5) is 10.5 Å². The SMILES string of the molecule is COc1ccccc1N1CCC(NC(=O)NCC2CCCN2C)CC1. The number of hydrogen-bond donors (Lipinski definition) is 2. The van der Waals surface area contributed by atoms with Crippen molar-refractivity contribution in [3.63, 3.8) is 0 Å². The molecule has 2 fully saturated rings. The number of methoxy groups -OCH3 is 1. The Morgan fingerprint density at radius 1 is 1.20 bits per heavy atom. The fourth-order valence-corrected chi connectivity index (χ4v) is 3.84. The summed E-state index contributed by atoms with van der Waals surface area (Å²) in [5.41, 5.74) is 1.14. The monoisotopic (exact) mass is 346 g/mol. The molecule has 1 atom stereocenters. The second-order valence-corrected chi connectivity index (χ2v) is 7.06. The van der Waals surface area contributed by atoms with Crippen molar-refractivity contribution >= 4 is 11.7 Å². The molecule has 0 spiro atoms. The fourth-order valence-electron chi connectivity index (χ4n) is 3.84. The van der Waals surface area contributed by atoms with Crippen molar-refractivity contribution in [2.75, 3.05) is 45.2 Å². The molecule has 0 saturated carbocycles. The molecule has 138 valence electrons. The minimum Gasteiger partial charge on any atom is -0.495 e. The highest BCUT2D eigenvalue weighted by Crippen LogP contribution is 2.29. The topological polar surface area (TPSA) is 56.8 Å². The van der Waals surface area contributed by atoms with Gasteiger partial charge in [-0.2, -0.15) is 0 Å². The highest BCUT2D eigenvalue weighted by Gasteiger charge is 2.24. The van der Waals surface area contributed by atoms with Gasteiger partial charge in [0.05, 0.1) is 12.8 Å². The fraction of sp³-hybridized carbons (Fsp3) is 0.632. The van der Waals surface area contributed by atoms with Crippen LogP contribution >= 0.6 is 0 Å². The van der Waals surface area contributed by atoms with Crippen LogP contribution in [0.1, 0.15) is 25.7 Å². The number of rotatable bonds is 5. The first-order valence-corrected chi connectivity index (χ1v) is 9.30. The van der Waals surface area contributed by atoms with Crippen LogP contribution in [-0.4, -0.2) is 63.4 Å². The van der Waals surface area contributed by atoms with Crippen molar-refractivity contribution in [2.24, 2.45) is 0 Å². The quantitative estimate of drug-likeness (QED) is 0.857. The lowest BCUT2D eigenvalue weighted by Crippen LogP contribution is -2.49. The Morgan fingerprint density at radius 3 is 2.64 bits per heavy atom. The van der Waals surface area contributed by atoms with Crippen LogP contribution < -0.4 is 20.3 Å². The number of likely N-dealkylation sites (tertiary alicyclic amines) is 1. The maximum Gasteiger partial charge on any atom is 0.315 e. The lowest BCUT2D eigenvalue weighted by molar-refractivity contribution is 0.228. The van der Waals surface area contributed by atoms with Crippen LogP contribution in [0, 0.1) is 0 Å². The average molecular weight is 346 g/mol. The first-order valence-electron chi connectivity index (χ1n) is 9.30. The Hall–Kier alpha value is -1.95. The molecule has 0 aliphatic carbocycles. The zero-order valence-corrected chi connectivity index (χ0v) is 15.3. The maximum absolute atomic E-state index is 12.2. The number of piperidine rings is 1. The van der Waals surface area contributed by atoms with Crippen LogP contribution in [0.5, 0.6) is 5.75 Å². The molecule has 25 heavy (non-hydrogen) atoms. The van der Waals surface area contributed by atoms with E-state index in [2.05, 4.69) is 33.5 Å². The predicted molar refractivity (Wildman–Crippen MR) is 100 cm³/mol. The molecule has 2 saturated heterocycles. The summed E-state index contributed by atoms with van der Waals surface area (Å²) >= 11 is 0. The van der Waals surface area contributed by atoms with Crippen molar-refractivity contribution in [3.8, 4) is 5.75 Å². The van der Waals surface area contributed by atoms with Crippen LogP contribution in [0.15, 0.2) is 24.3 Å². The third-order valence-corrected chi connectivity index (χ3v) is 5.43. The zero-order chi connectivity index (χ0) is 17.6. The van der Waals surface area contributed by atoms with Gasteiger partial charge in [-0.15, -0.1) is 0 Å². The van der Waals surface area contributed by atoms with Crippen molar-refractivity contribution in [3.05, 3.63) is 24.3 Å². The molecule has 1 unspecified atom stereocenters. The highest BCUT2D eigenvalue weighted by molar-refractivity contribution is 5.74. The number of nitrogens with one attached hydrogen (secondary N) is 2. The summed E-state index contributed by atoms with van der Waals surface area (Å²) in [6.07, 6.45) is 4.31. The number of ether oxygens (including phenoxy) is 1. The second-order valence-electron chi connectivity index (χ2n) is 7.06. The van der Waals surface area contributed by atoms with Gasteiger partial charge in [0.1, 0.15) is 5.75 Å². The van der Waals surface area contributed by atoms with E-state index in [-0.39, 0.29) is 12.1 Å². The summed E-state index contributed by atoms with van der Waals surface area (Å²) in [5.74, 6) is 0.910. The molecule has 0 bridgehead atoms. The van der Waals surface area contributed by atoms with Crippen LogP contribution in [0.2, 0.25) is 0 Å². The van der Waals surface area contributed by atoms with Gasteiger partial charge in [0.15, 0.2) is 0 Å². The number of nitrogens with zero attached hydrogens (tertiary/aromatic N) is 2. The number of anilines is 1. The summed E-state index contributed by atoms with van der Waals surface area (Å²) in [6.45, 7) is 3.73. The third kappa shape index (κ3) is 4.57. The summed E-state index contributed by atoms with van der Waals surface area (Å²) in [4.78, 5) is 16.8. The van der Waals surface area contributed by atoms with Crippen LogP contribution in [0.25, 0.3) is 0 Å². The van der Waals surface area contributed by atoms with E-state index in [1.54, 1.807) is 7.11 Å². The number of amides is 2. The number of carbonyl (C=O) groups is 1. The van der Waals surface area contributed by atoms with Gasteiger partial charge in [0.25, 0.3) is 0 Å². The van der Waals surface area contributed by atoms with E-state index >= 15 is 0 Å². The molecule has 2 heterocycles. The second kappa shape index (κ2) is 8.43. The first kappa shape index (κ1) is 17.9. The van der Waals surface area contributed by atoms with Gasteiger partial charge in [-0.3, -0.25) is 0 Å². The van der Waals surface area contributed by atoms with Gasteiger partial charge in [-0.25, -0.2) is 4.79 Å². The lowest BCUT2D eigenvalue weighted by Gasteiger charge is -2.34. The molecule has 2 aliphatic rings. The minimum absolute atomic E-state index is 0.0314. The van der Waals surface area contributed by atoms with Gasteiger partial charge in [-0.1, -0.05) is 12.1 Å². The van der Waals surface area contributed by atoms with Crippen LogP contribution in [0.3, 0.4) is 0 Å². The number of carbonyl (C=O) groups excluding carboxylic acids is 1. The maximum atomic E-state index is 12.2. The largest absolute Gasteiger partial charge is 0.495 e. The van der Waals surface area contributed by atoms with Gasteiger partial charge in [-0.05, 0) is 51.4 Å². The summed E-state index contributed by atoms with van der Waals surface area (Å²) in [5, 5.41) is 6.17. The Balaban J connectivity index is 1.42. The molecule has 1 aromatic rings. The van der Waals surface area contributed by atoms with Crippen LogP contribution in [-0.2, 0) is 0 Å². The Bertz CT molecular complexity index is 572. The molecular formula is C19H30N4O2. The van der Waals surface area contributed by atoms with Gasteiger partial charge >= 0.3 is 6.03 Å². The van der Waals surface area contributed by atoms with Crippen molar-refractivity contribution in [1.29, 1.82) is 0 Å². The van der Waals surface area contributed by atoms with E-state index in [9.17, 15) is 4.79 Å². The number of hydrogen-bond acceptors (Lipinski definition) is 4. The molecule has 6 nitrogen and oxygen atoms in total. The summed E-state index contributed by atoms with van der Waals surface area (Å²) in [6, 6.07) is 8.81. The summed E-state index contributed by atoms with van der Waals surface area (Å²) < 4.78 is 5.45. The van der Waals surface area contributed by atoms with E-state index in [0.717, 1.165) is 50.5 Å². The standard InChI is InChI=1S/C19H30N4O2/c1-22-11-5-6-16(22)14-20-19(24)21-15-9-12-23(13-10-15)17-7-3-4-8-18(17)25-2/h3-4,7-8,15-16H,5-6,9-14H2,1-2H3,(H2,20,21,24). The first-order chi connectivity index (χ1) is 12.2. The normalized spacial score (nSPS) is 22.0. The van der Waals surface area contributed by atoms with E-state index in [1.165, 1.54) is 12.8 Å². The van der Waals surface area contributed by atoms with Gasteiger partial charge in [0, 0.05) is 31.7 Å². The van der Waals surface area contributed by atoms with Crippen molar-refractivity contribution in [2.45, 2.75) is 37.8 Å².